The number of ether oxygens (including phenoxy) is 1. The lowest BCUT2D eigenvalue weighted by molar-refractivity contribution is -0.0444. The fraction of sp³-hybridized carbons (Fsp3) is 0.455. The maximum Gasteiger partial charge on any atom is 0.135 e. The molecule has 2 aromatic carbocycles. The lowest BCUT2D eigenvalue weighted by atomic mass is 9.68. The Morgan fingerprint density at radius 1 is 0.960 bits per heavy atom. The highest BCUT2D eigenvalue weighted by Gasteiger charge is 2.49. The van der Waals surface area contributed by atoms with E-state index in [9.17, 15) is 0 Å². The largest absolute Gasteiger partial charge is 0.367 e. The molecule has 25 heavy (non-hydrogen) atoms. The van der Waals surface area contributed by atoms with Gasteiger partial charge in [-0.15, -0.1) is 12.4 Å². The van der Waals surface area contributed by atoms with Crippen LogP contribution < -0.4 is 5.73 Å². The third kappa shape index (κ3) is 3.76. The fourth-order valence-corrected chi connectivity index (χ4v) is 4.10. The Kier molecular flexibility index (Phi) is 6.67. The van der Waals surface area contributed by atoms with Crippen LogP contribution in [0.3, 0.4) is 0 Å². The van der Waals surface area contributed by atoms with Gasteiger partial charge in [-0.25, -0.2) is 0 Å². The van der Waals surface area contributed by atoms with Crippen LogP contribution in [0, 0.1) is 5.92 Å². The zero-order valence-corrected chi connectivity index (χ0v) is 16.1. The lowest BCUT2D eigenvalue weighted by Gasteiger charge is -2.47. The van der Waals surface area contributed by atoms with E-state index < -0.39 is 11.1 Å². The molecule has 136 valence electrons. The van der Waals surface area contributed by atoms with Crippen molar-refractivity contribution < 1.29 is 4.74 Å². The van der Waals surface area contributed by atoms with Crippen LogP contribution in [0.4, 0.5) is 0 Å². The summed E-state index contributed by atoms with van der Waals surface area (Å²) < 4.78 is 6.23. The molecule has 3 heteroatoms. The van der Waals surface area contributed by atoms with Gasteiger partial charge in [0, 0.05) is 7.11 Å². The zero-order valence-electron chi connectivity index (χ0n) is 15.3. The Bertz CT molecular complexity index is 598. The van der Waals surface area contributed by atoms with Gasteiger partial charge in [-0.1, -0.05) is 79.9 Å². The first-order chi connectivity index (χ1) is 11.6. The van der Waals surface area contributed by atoms with Gasteiger partial charge in [-0.05, 0) is 36.8 Å². The number of benzene rings is 2. The lowest BCUT2D eigenvalue weighted by Crippen LogP contribution is -2.58. The Morgan fingerprint density at radius 2 is 1.44 bits per heavy atom. The van der Waals surface area contributed by atoms with Crippen molar-refractivity contribution in [1.29, 1.82) is 0 Å². The Hall–Kier alpha value is -1.35. The topological polar surface area (TPSA) is 35.2 Å². The second kappa shape index (κ2) is 8.35. The minimum absolute atomic E-state index is 0. The van der Waals surface area contributed by atoms with Crippen molar-refractivity contribution in [2.45, 2.75) is 50.2 Å². The summed E-state index contributed by atoms with van der Waals surface area (Å²) in [5.74, 6) is 0.842. The van der Waals surface area contributed by atoms with Crippen molar-refractivity contribution in [1.82, 2.24) is 0 Å². The van der Waals surface area contributed by atoms with Gasteiger partial charge in [-0.2, -0.15) is 0 Å². The molecule has 3 rings (SSSR count). The molecule has 0 heterocycles. The van der Waals surface area contributed by atoms with Gasteiger partial charge in [-0.3, -0.25) is 0 Å². The van der Waals surface area contributed by atoms with Crippen molar-refractivity contribution in [3.63, 3.8) is 0 Å². The van der Waals surface area contributed by atoms with E-state index in [0.717, 1.165) is 23.5 Å². The highest BCUT2D eigenvalue weighted by molar-refractivity contribution is 5.85. The molecule has 0 aromatic heterocycles. The van der Waals surface area contributed by atoms with E-state index in [4.69, 9.17) is 10.5 Å². The first kappa shape index (κ1) is 20.0. The summed E-state index contributed by atoms with van der Waals surface area (Å²) in [5, 5.41) is 0. The molecular formula is C22H30ClNO. The van der Waals surface area contributed by atoms with Crippen LogP contribution in [-0.2, 0) is 10.3 Å². The first-order valence-corrected chi connectivity index (χ1v) is 9.05. The van der Waals surface area contributed by atoms with Crippen LogP contribution in [0.15, 0.2) is 60.7 Å². The van der Waals surface area contributed by atoms with E-state index in [-0.39, 0.29) is 12.4 Å². The van der Waals surface area contributed by atoms with E-state index in [1.165, 1.54) is 25.7 Å². The zero-order chi connectivity index (χ0) is 17.0. The third-order valence-corrected chi connectivity index (χ3v) is 5.77. The SMILES string of the molecule is COC(c1ccccc1)(c1ccccc1)C(C)(N)CCC1CCC1.Cl. The van der Waals surface area contributed by atoms with Crippen LogP contribution >= 0.6 is 12.4 Å². The quantitative estimate of drug-likeness (QED) is 0.728. The number of hydrogen-bond donors (Lipinski definition) is 1. The van der Waals surface area contributed by atoms with Crippen molar-refractivity contribution in [3.8, 4) is 0 Å². The van der Waals surface area contributed by atoms with E-state index in [0.29, 0.717) is 0 Å². The molecule has 0 aliphatic heterocycles. The minimum Gasteiger partial charge on any atom is -0.367 e. The normalized spacial score (nSPS) is 17.2. The summed E-state index contributed by atoms with van der Waals surface area (Å²) in [5.41, 5.74) is 8.09. The van der Waals surface area contributed by atoms with Crippen molar-refractivity contribution >= 4 is 12.4 Å². The maximum atomic E-state index is 6.97. The van der Waals surface area contributed by atoms with Gasteiger partial charge in [0.15, 0.2) is 0 Å². The van der Waals surface area contributed by atoms with Crippen LogP contribution in [0.5, 0.6) is 0 Å². The second-order valence-corrected chi connectivity index (χ2v) is 7.37. The van der Waals surface area contributed by atoms with Gasteiger partial charge in [0.2, 0.25) is 0 Å². The molecule has 0 bridgehead atoms. The van der Waals surface area contributed by atoms with Gasteiger partial charge in [0.1, 0.15) is 5.60 Å². The van der Waals surface area contributed by atoms with Crippen molar-refractivity contribution in [2.75, 3.05) is 7.11 Å². The number of hydrogen-bond acceptors (Lipinski definition) is 2. The van der Waals surface area contributed by atoms with Crippen LogP contribution in [0.1, 0.15) is 50.2 Å². The van der Waals surface area contributed by atoms with Gasteiger partial charge >= 0.3 is 0 Å². The molecule has 0 saturated heterocycles. The van der Waals surface area contributed by atoms with Gasteiger partial charge < -0.3 is 10.5 Å². The van der Waals surface area contributed by atoms with Crippen LogP contribution in [0.2, 0.25) is 0 Å². The molecule has 1 atom stereocenters. The van der Waals surface area contributed by atoms with Crippen molar-refractivity contribution in [2.24, 2.45) is 11.7 Å². The van der Waals surface area contributed by atoms with Crippen molar-refractivity contribution in [3.05, 3.63) is 71.8 Å². The first-order valence-electron chi connectivity index (χ1n) is 9.05. The Labute approximate surface area is 158 Å². The van der Waals surface area contributed by atoms with Gasteiger partial charge in [0.25, 0.3) is 0 Å². The summed E-state index contributed by atoms with van der Waals surface area (Å²) in [6.45, 7) is 2.15. The molecule has 2 aromatic rings. The third-order valence-electron chi connectivity index (χ3n) is 5.77. The summed E-state index contributed by atoms with van der Waals surface area (Å²) in [4.78, 5) is 0. The summed E-state index contributed by atoms with van der Waals surface area (Å²) >= 11 is 0. The number of methoxy groups -OCH3 is 1. The van der Waals surface area contributed by atoms with E-state index in [1.54, 1.807) is 7.11 Å². The average molecular weight is 360 g/mol. The van der Waals surface area contributed by atoms with E-state index >= 15 is 0 Å². The predicted molar refractivity (Wildman–Crippen MR) is 107 cm³/mol. The molecule has 1 aliphatic carbocycles. The molecule has 2 nitrogen and oxygen atoms in total. The predicted octanol–water partition coefficient (Wildman–Crippen LogP) is 5.30. The molecular weight excluding hydrogens is 330 g/mol. The molecule has 0 radical (unpaired) electrons. The van der Waals surface area contributed by atoms with E-state index in [2.05, 4.69) is 55.5 Å². The molecule has 0 spiro atoms. The standard InChI is InChI=1S/C22H29NO.ClH/c1-21(23,17-16-18-10-9-11-18)22(24-2,19-12-5-3-6-13-19)20-14-7-4-8-15-20;/h3-8,12-15,18H,9-11,16-17,23H2,1-2H3;1H. The summed E-state index contributed by atoms with van der Waals surface area (Å²) in [6.07, 6.45) is 6.21. The van der Waals surface area contributed by atoms with Gasteiger partial charge in [0.05, 0.1) is 5.54 Å². The molecule has 1 fully saturated rings. The highest BCUT2D eigenvalue weighted by atomic mass is 35.5. The second-order valence-electron chi connectivity index (χ2n) is 7.37. The Balaban J connectivity index is 0.00000225. The molecule has 1 aliphatic rings. The molecule has 1 saturated carbocycles. The number of nitrogens with two attached hydrogens (primary N) is 1. The molecule has 0 amide bonds. The van der Waals surface area contributed by atoms with Crippen LogP contribution in [0.25, 0.3) is 0 Å². The van der Waals surface area contributed by atoms with E-state index in [1.807, 2.05) is 12.1 Å². The molecule has 1 unspecified atom stereocenters. The highest BCUT2D eigenvalue weighted by Crippen LogP contribution is 2.45. The maximum absolute atomic E-state index is 6.97. The van der Waals surface area contributed by atoms with Crippen LogP contribution in [-0.4, -0.2) is 12.6 Å². The number of halogens is 1. The smallest absolute Gasteiger partial charge is 0.135 e. The Morgan fingerprint density at radius 3 is 1.80 bits per heavy atom. The summed E-state index contributed by atoms with van der Waals surface area (Å²) in [7, 11) is 1.79. The fourth-order valence-electron chi connectivity index (χ4n) is 4.10. The minimum atomic E-state index is -0.640. The average Bonchev–Trinajstić information content (AvgIpc) is 2.56. The molecule has 2 N–H and O–H groups in total. The summed E-state index contributed by atoms with van der Waals surface area (Å²) in [6, 6.07) is 20.9. The number of rotatable bonds is 7. The monoisotopic (exact) mass is 359 g/mol.